The van der Waals surface area contributed by atoms with Crippen molar-refractivity contribution in [3.63, 3.8) is 0 Å². The summed E-state index contributed by atoms with van der Waals surface area (Å²) in [5.74, 6) is -0.784. The minimum Gasteiger partial charge on any atom is -0.334 e. The van der Waals surface area contributed by atoms with E-state index >= 15 is 0 Å². The number of rotatable bonds is 5. The lowest BCUT2D eigenvalue weighted by Gasteiger charge is -2.25. The summed E-state index contributed by atoms with van der Waals surface area (Å²) in [5, 5.41) is 0.893. The third kappa shape index (κ3) is 3.82. The van der Waals surface area contributed by atoms with Gasteiger partial charge < -0.3 is 9.88 Å². The summed E-state index contributed by atoms with van der Waals surface area (Å²) in [4.78, 5) is 29.6. The minimum atomic E-state index is -0.557. The second-order valence-electron chi connectivity index (χ2n) is 6.77. The molecule has 3 rings (SSSR count). The third-order valence-corrected chi connectivity index (χ3v) is 4.17. The number of H-pyrrole nitrogens is 1. The molecule has 1 N–H and O–H groups in total. The van der Waals surface area contributed by atoms with Gasteiger partial charge in [0.15, 0.2) is 0 Å². The fraction of sp³-hybridized carbons (Fsp3) is 0.238. The van der Waals surface area contributed by atoms with Gasteiger partial charge in [-0.2, -0.15) is 0 Å². The van der Waals surface area contributed by atoms with Gasteiger partial charge in [0.05, 0.1) is 12.1 Å². The highest BCUT2D eigenvalue weighted by atomic mass is 19.1. The molecule has 0 fully saturated rings. The first kappa shape index (κ1) is 17.9. The van der Waals surface area contributed by atoms with Crippen LogP contribution in [0.25, 0.3) is 10.9 Å². The summed E-state index contributed by atoms with van der Waals surface area (Å²) in [6, 6.07) is 15.2. The van der Waals surface area contributed by atoms with Crippen LogP contribution in [0.1, 0.15) is 29.8 Å². The predicted octanol–water partition coefficient (Wildman–Crippen LogP) is 3.97. The van der Waals surface area contributed by atoms with Crippen molar-refractivity contribution in [3.8, 4) is 0 Å². The zero-order chi connectivity index (χ0) is 18.7. The first-order valence-corrected chi connectivity index (χ1v) is 8.60. The molecular formula is C21H21FN2O2. The summed E-state index contributed by atoms with van der Waals surface area (Å²) in [7, 11) is 0. The van der Waals surface area contributed by atoms with Crippen LogP contribution in [0.15, 0.2) is 59.4 Å². The maximum absolute atomic E-state index is 14.0. The number of hydrogen-bond acceptors (Lipinski definition) is 2. The summed E-state index contributed by atoms with van der Waals surface area (Å²) < 4.78 is 14.0. The highest BCUT2D eigenvalue weighted by molar-refractivity contribution is 5.94. The molecule has 0 radical (unpaired) electrons. The summed E-state index contributed by atoms with van der Waals surface area (Å²) in [6.45, 7) is 4.52. The van der Waals surface area contributed by atoms with E-state index in [9.17, 15) is 14.0 Å². The number of amides is 1. The van der Waals surface area contributed by atoms with Gasteiger partial charge in [-0.25, -0.2) is 4.39 Å². The number of nitrogens with one attached hydrogen (secondary N) is 1. The van der Waals surface area contributed by atoms with Crippen LogP contribution in [-0.2, 0) is 6.54 Å². The number of carbonyl (C=O) groups is 1. The molecule has 0 atom stereocenters. The van der Waals surface area contributed by atoms with Crippen LogP contribution in [0.5, 0.6) is 0 Å². The molecule has 0 aliphatic carbocycles. The smallest absolute Gasteiger partial charge is 0.257 e. The molecule has 2 aromatic carbocycles. The zero-order valence-electron chi connectivity index (χ0n) is 14.8. The van der Waals surface area contributed by atoms with Crippen molar-refractivity contribution < 1.29 is 9.18 Å². The average molecular weight is 352 g/mol. The molecule has 134 valence electrons. The first-order chi connectivity index (χ1) is 12.5. The molecule has 0 saturated heterocycles. The Balaban J connectivity index is 1.97. The second kappa shape index (κ2) is 7.52. The Morgan fingerprint density at radius 1 is 1.12 bits per heavy atom. The van der Waals surface area contributed by atoms with E-state index in [1.165, 1.54) is 17.0 Å². The van der Waals surface area contributed by atoms with Gasteiger partial charge >= 0.3 is 0 Å². The van der Waals surface area contributed by atoms with Crippen molar-refractivity contribution in [1.29, 1.82) is 0 Å². The van der Waals surface area contributed by atoms with Crippen molar-refractivity contribution in [1.82, 2.24) is 9.88 Å². The molecular weight excluding hydrogens is 331 g/mol. The summed E-state index contributed by atoms with van der Waals surface area (Å²) in [6.07, 6.45) is 0. The van der Waals surface area contributed by atoms with Crippen molar-refractivity contribution in [3.05, 3.63) is 81.9 Å². The topological polar surface area (TPSA) is 53.2 Å². The summed E-state index contributed by atoms with van der Waals surface area (Å²) in [5.41, 5.74) is 1.01. The van der Waals surface area contributed by atoms with E-state index in [0.29, 0.717) is 12.1 Å². The van der Waals surface area contributed by atoms with Crippen molar-refractivity contribution in [2.24, 2.45) is 5.92 Å². The normalized spacial score (nSPS) is 11.1. The lowest BCUT2D eigenvalue weighted by molar-refractivity contribution is 0.0717. The molecule has 0 spiro atoms. The van der Waals surface area contributed by atoms with Crippen LogP contribution in [-0.4, -0.2) is 22.3 Å². The SMILES string of the molecule is CC(C)CN(Cc1cc2ccccc2[nH]c1=O)C(=O)c1ccccc1F. The van der Waals surface area contributed by atoms with Crippen molar-refractivity contribution in [2.45, 2.75) is 20.4 Å². The second-order valence-corrected chi connectivity index (χ2v) is 6.77. The molecule has 0 aliphatic rings. The average Bonchev–Trinajstić information content (AvgIpc) is 2.61. The Bertz CT molecular complexity index is 994. The van der Waals surface area contributed by atoms with Crippen LogP contribution in [0.2, 0.25) is 0 Å². The maximum Gasteiger partial charge on any atom is 0.257 e. The maximum atomic E-state index is 14.0. The number of aromatic nitrogens is 1. The van der Waals surface area contributed by atoms with Gasteiger partial charge in [0.1, 0.15) is 5.82 Å². The molecule has 26 heavy (non-hydrogen) atoms. The monoisotopic (exact) mass is 352 g/mol. The van der Waals surface area contributed by atoms with E-state index in [4.69, 9.17) is 0 Å². The Morgan fingerprint density at radius 3 is 2.54 bits per heavy atom. The van der Waals surface area contributed by atoms with Gasteiger partial charge in [0.25, 0.3) is 11.5 Å². The number of nitrogens with zero attached hydrogens (tertiary/aromatic N) is 1. The fourth-order valence-electron chi connectivity index (χ4n) is 2.98. The lowest BCUT2D eigenvalue weighted by atomic mass is 10.1. The predicted molar refractivity (Wildman–Crippen MR) is 101 cm³/mol. The fourth-order valence-corrected chi connectivity index (χ4v) is 2.98. The molecule has 3 aromatic rings. The highest BCUT2D eigenvalue weighted by Gasteiger charge is 2.21. The largest absolute Gasteiger partial charge is 0.334 e. The van der Waals surface area contributed by atoms with E-state index < -0.39 is 11.7 Å². The van der Waals surface area contributed by atoms with E-state index in [2.05, 4.69) is 4.98 Å². The van der Waals surface area contributed by atoms with Gasteiger partial charge in [0.2, 0.25) is 0 Å². The van der Waals surface area contributed by atoms with Gasteiger partial charge in [-0.3, -0.25) is 9.59 Å². The lowest BCUT2D eigenvalue weighted by Crippen LogP contribution is -2.36. The first-order valence-electron chi connectivity index (χ1n) is 8.60. The Hall–Kier alpha value is -2.95. The highest BCUT2D eigenvalue weighted by Crippen LogP contribution is 2.16. The molecule has 1 heterocycles. The molecule has 1 amide bonds. The number of hydrogen-bond donors (Lipinski definition) is 1. The van der Waals surface area contributed by atoms with Crippen LogP contribution in [0.4, 0.5) is 4.39 Å². The molecule has 5 heteroatoms. The van der Waals surface area contributed by atoms with Crippen molar-refractivity contribution >= 4 is 16.8 Å². The number of benzene rings is 2. The number of halogens is 1. The number of fused-ring (bicyclic) bond motifs is 1. The molecule has 1 aromatic heterocycles. The molecule has 0 unspecified atom stereocenters. The van der Waals surface area contributed by atoms with Crippen LogP contribution >= 0.6 is 0 Å². The van der Waals surface area contributed by atoms with Gasteiger partial charge in [-0.05, 0) is 35.6 Å². The Kier molecular flexibility index (Phi) is 5.16. The Labute approximate surface area is 151 Å². The molecule has 0 bridgehead atoms. The Morgan fingerprint density at radius 2 is 1.81 bits per heavy atom. The van der Waals surface area contributed by atoms with Crippen molar-refractivity contribution in [2.75, 3.05) is 6.54 Å². The molecule has 0 saturated carbocycles. The van der Waals surface area contributed by atoms with Crippen LogP contribution in [0.3, 0.4) is 0 Å². The van der Waals surface area contributed by atoms with Gasteiger partial charge in [-0.1, -0.05) is 44.2 Å². The van der Waals surface area contributed by atoms with E-state index in [1.54, 1.807) is 18.2 Å². The van der Waals surface area contributed by atoms with E-state index in [0.717, 1.165) is 10.9 Å². The number of para-hydroxylation sites is 1. The van der Waals surface area contributed by atoms with Gasteiger partial charge in [-0.15, -0.1) is 0 Å². The standard InChI is InChI=1S/C21H21FN2O2/c1-14(2)12-24(21(26)17-8-4-5-9-18(17)22)13-16-11-15-7-3-6-10-19(15)23-20(16)25/h3-11,14H,12-13H2,1-2H3,(H,23,25). The molecule has 4 nitrogen and oxygen atoms in total. The van der Waals surface area contributed by atoms with Crippen LogP contribution < -0.4 is 5.56 Å². The van der Waals surface area contributed by atoms with Gasteiger partial charge in [0, 0.05) is 17.6 Å². The quantitative estimate of drug-likeness (QED) is 0.755. The number of aromatic amines is 1. The van der Waals surface area contributed by atoms with E-state index in [-0.39, 0.29) is 23.6 Å². The third-order valence-electron chi connectivity index (χ3n) is 4.17. The van der Waals surface area contributed by atoms with E-state index in [1.807, 2.05) is 38.1 Å². The summed E-state index contributed by atoms with van der Waals surface area (Å²) >= 11 is 0. The van der Waals surface area contributed by atoms with Crippen LogP contribution in [0, 0.1) is 11.7 Å². The molecule has 0 aliphatic heterocycles. The number of carbonyl (C=O) groups excluding carboxylic acids is 1. The number of pyridine rings is 1. The zero-order valence-corrected chi connectivity index (χ0v) is 14.8. The minimum absolute atomic E-state index is 0.0189.